The predicted octanol–water partition coefficient (Wildman–Crippen LogP) is 6.20. The predicted molar refractivity (Wildman–Crippen MR) is 99.6 cm³/mol. The topological polar surface area (TPSA) is 26.0 Å². The molecular weight excluding hydrogens is 294 g/mol. The van der Waals surface area contributed by atoms with Crippen LogP contribution in [0.3, 0.4) is 0 Å². The van der Waals surface area contributed by atoms with Gasteiger partial charge in [-0.05, 0) is 11.5 Å². The zero-order valence-electron chi connectivity index (χ0n) is 13.8. The first-order valence-corrected chi connectivity index (χ1v) is 8.89. The van der Waals surface area contributed by atoms with Crippen LogP contribution in [0.4, 0.5) is 5.69 Å². The van der Waals surface area contributed by atoms with Gasteiger partial charge in [-0.3, -0.25) is 0 Å². The van der Waals surface area contributed by atoms with E-state index in [9.17, 15) is 0 Å². The molecule has 0 amide bonds. The number of hydrogen-bond donors (Lipinski definition) is 1. The summed E-state index contributed by atoms with van der Waals surface area (Å²) in [5, 5.41) is 2.42. The Hall–Kier alpha value is -0.800. The number of thioether (sulfide) groups is 2. The average molecular weight is 320 g/mol. The van der Waals surface area contributed by atoms with Crippen LogP contribution in [0.5, 0.6) is 0 Å². The Kier molecular flexibility index (Phi) is 4.55. The summed E-state index contributed by atoms with van der Waals surface area (Å²) in [5.74, 6) is 0. The van der Waals surface area contributed by atoms with Crippen LogP contribution in [0, 0.1) is 0 Å². The van der Waals surface area contributed by atoms with Crippen molar-refractivity contribution in [2.24, 2.45) is 0 Å². The molecule has 0 aliphatic carbocycles. The van der Waals surface area contributed by atoms with Crippen LogP contribution in [-0.4, -0.2) is 9.49 Å². The van der Waals surface area contributed by atoms with E-state index in [0.717, 1.165) is 5.69 Å². The van der Waals surface area contributed by atoms with Gasteiger partial charge >= 0.3 is 0 Å². The molecule has 0 fully saturated rings. The number of nitrogen functional groups attached to an aromatic ring is 1. The Morgan fingerprint density at radius 2 is 1.24 bits per heavy atom. The van der Waals surface area contributed by atoms with E-state index in [4.69, 9.17) is 5.73 Å². The van der Waals surface area contributed by atoms with Gasteiger partial charge in [0, 0.05) is 24.7 Å². The molecule has 0 aromatic heterocycles. The lowest BCUT2D eigenvalue weighted by Crippen LogP contribution is -2.09. The fraction of sp³-hybridized carbons (Fsp3) is 0.444. The van der Waals surface area contributed by atoms with Gasteiger partial charge in [-0.15, -0.1) is 23.5 Å². The summed E-state index contributed by atoms with van der Waals surface area (Å²) in [6.07, 6.45) is 0. The van der Waals surface area contributed by atoms with E-state index in [2.05, 4.69) is 71.9 Å². The van der Waals surface area contributed by atoms with E-state index in [0.29, 0.717) is 0 Å². The summed E-state index contributed by atoms with van der Waals surface area (Å²) in [7, 11) is 0. The Bertz CT molecular complexity index is 649. The number of rotatable bonds is 2. The van der Waals surface area contributed by atoms with E-state index in [1.165, 1.54) is 20.6 Å². The molecule has 0 bridgehead atoms. The van der Waals surface area contributed by atoms with E-state index in [1.54, 1.807) is 0 Å². The Morgan fingerprint density at radius 3 is 1.76 bits per heavy atom. The fourth-order valence-corrected chi connectivity index (χ4v) is 4.42. The van der Waals surface area contributed by atoms with Crippen LogP contribution >= 0.6 is 23.5 Å². The molecule has 0 heterocycles. The highest BCUT2D eigenvalue weighted by molar-refractivity contribution is 8.01. The van der Waals surface area contributed by atoms with E-state index in [-0.39, 0.29) is 9.49 Å². The molecule has 0 atom stereocenters. The molecule has 0 saturated heterocycles. The van der Waals surface area contributed by atoms with Crippen molar-refractivity contribution in [2.45, 2.75) is 60.8 Å². The van der Waals surface area contributed by atoms with Crippen molar-refractivity contribution in [1.82, 2.24) is 0 Å². The van der Waals surface area contributed by atoms with Crippen molar-refractivity contribution in [3.05, 3.63) is 30.3 Å². The third kappa shape index (κ3) is 4.33. The summed E-state index contributed by atoms with van der Waals surface area (Å²) < 4.78 is 0.336. The monoisotopic (exact) mass is 319 g/mol. The molecule has 2 aromatic rings. The van der Waals surface area contributed by atoms with Gasteiger partial charge < -0.3 is 5.73 Å². The largest absolute Gasteiger partial charge is 0.397 e. The minimum absolute atomic E-state index is 0.153. The standard InChI is InChI=1S/C18H25NS2/c1-17(2,3)20-14-11-15(21-18(4,5)6)16(19)13-10-8-7-9-12(13)14/h7-11H,19H2,1-6H3. The first-order chi connectivity index (χ1) is 9.57. The maximum absolute atomic E-state index is 6.43. The number of anilines is 1. The lowest BCUT2D eigenvalue weighted by molar-refractivity contribution is 0.801. The van der Waals surface area contributed by atoms with Crippen LogP contribution in [0.2, 0.25) is 0 Å². The quantitative estimate of drug-likeness (QED) is 0.527. The van der Waals surface area contributed by atoms with Crippen molar-refractivity contribution in [3.8, 4) is 0 Å². The minimum atomic E-state index is 0.153. The molecule has 0 aliphatic heterocycles. The summed E-state index contributed by atoms with van der Waals surface area (Å²) in [6, 6.07) is 10.7. The zero-order valence-corrected chi connectivity index (χ0v) is 15.4. The van der Waals surface area contributed by atoms with Crippen molar-refractivity contribution in [1.29, 1.82) is 0 Å². The molecule has 0 radical (unpaired) electrons. The third-order valence-corrected chi connectivity index (χ3v) is 5.18. The second kappa shape index (κ2) is 5.77. The van der Waals surface area contributed by atoms with Gasteiger partial charge in [0.2, 0.25) is 0 Å². The van der Waals surface area contributed by atoms with Gasteiger partial charge in [0.25, 0.3) is 0 Å². The van der Waals surface area contributed by atoms with Crippen molar-refractivity contribution >= 4 is 40.0 Å². The second-order valence-corrected chi connectivity index (χ2v) is 11.0. The molecular formula is C18H25NS2. The summed E-state index contributed by atoms with van der Waals surface area (Å²) in [5.41, 5.74) is 7.33. The molecule has 114 valence electrons. The molecule has 21 heavy (non-hydrogen) atoms. The molecule has 0 spiro atoms. The summed E-state index contributed by atoms with van der Waals surface area (Å²) in [6.45, 7) is 13.4. The van der Waals surface area contributed by atoms with Crippen molar-refractivity contribution in [3.63, 3.8) is 0 Å². The maximum atomic E-state index is 6.43. The van der Waals surface area contributed by atoms with Crippen molar-refractivity contribution in [2.75, 3.05) is 5.73 Å². The first-order valence-electron chi connectivity index (χ1n) is 7.26. The SMILES string of the molecule is CC(C)(C)Sc1cc(SC(C)(C)C)c2ccccc2c1N. The molecule has 0 aliphatic rings. The molecule has 3 heteroatoms. The van der Waals surface area contributed by atoms with Gasteiger partial charge in [0.05, 0.1) is 5.69 Å². The normalized spacial score (nSPS) is 12.9. The smallest absolute Gasteiger partial charge is 0.0532 e. The van der Waals surface area contributed by atoms with Crippen molar-refractivity contribution < 1.29 is 0 Å². The molecule has 2 N–H and O–H groups in total. The molecule has 0 unspecified atom stereocenters. The van der Waals surface area contributed by atoms with Crippen LogP contribution in [0.1, 0.15) is 41.5 Å². The number of fused-ring (bicyclic) bond motifs is 1. The second-order valence-electron chi connectivity index (χ2n) is 7.26. The third-order valence-electron chi connectivity index (χ3n) is 2.84. The maximum Gasteiger partial charge on any atom is 0.0532 e. The summed E-state index contributed by atoms with van der Waals surface area (Å²) >= 11 is 3.75. The highest BCUT2D eigenvalue weighted by Gasteiger charge is 2.20. The molecule has 0 saturated carbocycles. The van der Waals surface area contributed by atoms with Gasteiger partial charge in [-0.2, -0.15) is 0 Å². The fourth-order valence-electron chi connectivity index (χ4n) is 2.17. The van der Waals surface area contributed by atoms with E-state index >= 15 is 0 Å². The van der Waals surface area contributed by atoms with Gasteiger partial charge in [-0.25, -0.2) is 0 Å². The molecule has 2 aromatic carbocycles. The van der Waals surface area contributed by atoms with E-state index < -0.39 is 0 Å². The van der Waals surface area contributed by atoms with Crippen LogP contribution in [0.25, 0.3) is 10.8 Å². The van der Waals surface area contributed by atoms with Crippen LogP contribution in [0.15, 0.2) is 40.1 Å². The Balaban J connectivity index is 2.63. The van der Waals surface area contributed by atoms with Crippen LogP contribution in [-0.2, 0) is 0 Å². The zero-order chi connectivity index (χ0) is 15.8. The number of nitrogens with two attached hydrogens (primary N) is 1. The van der Waals surface area contributed by atoms with Gasteiger partial charge in [0.15, 0.2) is 0 Å². The molecule has 2 rings (SSSR count). The minimum Gasteiger partial charge on any atom is -0.397 e. The summed E-state index contributed by atoms with van der Waals surface area (Å²) in [4.78, 5) is 2.51. The highest BCUT2D eigenvalue weighted by atomic mass is 32.2. The number of benzene rings is 2. The van der Waals surface area contributed by atoms with Gasteiger partial charge in [-0.1, -0.05) is 65.8 Å². The van der Waals surface area contributed by atoms with Crippen LogP contribution < -0.4 is 5.73 Å². The average Bonchev–Trinajstić information content (AvgIpc) is 2.32. The first kappa shape index (κ1) is 16.6. The molecule has 1 nitrogen and oxygen atoms in total. The lowest BCUT2D eigenvalue weighted by Gasteiger charge is -2.23. The van der Waals surface area contributed by atoms with E-state index in [1.807, 2.05) is 23.5 Å². The number of hydrogen-bond acceptors (Lipinski definition) is 3. The Morgan fingerprint density at radius 1 is 0.762 bits per heavy atom. The van der Waals surface area contributed by atoms with Gasteiger partial charge in [0.1, 0.15) is 0 Å². The highest BCUT2D eigenvalue weighted by Crippen LogP contribution is 2.45. The lowest BCUT2D eigenvalue weighted by atomic mass is 10.1. The Labute approximate surface area is 137 Å².